The normalized spacial score (nSPS) is 10.1. The predicted octanol–water partition coefficient (Wildman–Crippen LogP) is 2.13. The Bertz CT molecular complexity index is 370. The number of ether oxygens (including phenoxy) is 1. The van der Waals surface area contributed by atoms with Crippen molar-refractivity contribution in [2.45, 2.75) is 13.8 Å². The highest BCUT2D eigenvalue weighted by Crippen LogP contribution is 2.23. The predicted molar refractivity (Wildman–Crippen MR) is 59.1 cm³/mol. The average molecular weight is 227 g/mol. The highest BCUT2D eigenvalue weighted by atomic mass is 32.1. The molecule has 0 radical (unpaired) electrons. The van der Waals surface area contributed by atoms with Gasteiger partial charge in [0.2, 0.25) is 5.91 Å². The minimum Gasteiger partial charge on any atom is -0.465 e. The maximum absolute atomic E-state index is 11.4. The van der Waals surface area contributed by atoms with Crippen LogP contribution in [0.5, 0.6) is 0 Å². The van der Waals surface area contributed by atoms with Gasteiger partial charge in [0.1, 0.15) is 4.88 Å². The Morgan fingerprint density at radius 3 is 2.67 bits per heavy atom. The van der Waals surface area contributed by atoms with Crippen molar-refractivity contribution in [2.75, 3.05) is 12.4 Å². The fraction of sp³-hybridized carbons (Fsp3) is 0.400. The van der Waals surface area contributed by atoms with Gasteiger partial charge in [-0.1, -0.05) is 13.8 Å². The Hall–Kier alpha value is -1.36. The molecule has 0 fully saturated rings. The van der Waals surface area contributed by atoms with Crippen molar-refractivity contribution < 1.29 is 14.3 Å². The van der Waals surface area contributed by atoms with E-state index in [0.29, 0.717) is 10.6 Å². The van der Waals surface area contributed by atoms with Crippen molar-refractivity contribution in [3.05, 3.63) is 16.3 Å². The van der Waals surface area contributed by atoms with Gasteiger partial charge >= 0.3 is 5.97 Å². The second-order valence-electron chi connectivity index (χ2n) is 3.30. The number of carbonyl (C=O) groups excluding carboxylic acids is 2. The number of amides is 1. The zero-order chi connectivity index (χ0) is 11.4. The number of methoxy groups -OCH3 is 1. The number of hydrogen-bond donors (Lipinski definition) is 1. The van der Waals surface area contributed by atoms with Crippen LogP contribution >= 0.6 is 11.3 Å². The van der Waals surface area contributed by atoms with Crippen molar-refractivity contribution >= 4 is 28.9 Å². The smallest absolute Gasteiger partial charge is 0.350 e. The lowest BCUT2D eigenvalue weighted by atomic mass is 10.2. The Morgan fingerprint density at radius 1 is 1.47 bits per heavy atom. The van der Waals surface area contributed by atoms with Crippen molar-refractivity contribution in [1.29, 1.82) is 0 Å². The van der Waals surface area contributed by atoms with Crippen LogP contribution in [-0.4, -0.2) is 19.0 Å². The molecule has 0 aliphatic rings. The van der Waals surface area contributed by atoms with Gasteiger partial charge in [-0.3, -0.25) is 4.79 Å². The summed E-state index contributed by atoms with van der Waals surface area (Å²) in [7, 11) is 1.32. The number of thiophene rings is 1. The van der Waals surface area contributed by atoms with Crippen LogP contribution in [0.15, 0.2) is 11.4 Å². The molecule has 0 spiro atoms. The molecule has 1 amide bonds. The highest BCUT2D eigenvalue weighted by molar-refractivity contribution is 7.12. The number of esters is 1. The molecular weight excluding hydrogens is 214 g/mol. The van der Waals surface area contributed by atoms with Crippen LogP contribution in [0.4, 0.5) is 5.69 Å². The van der Waals surface area contributed by atoms with Crippen LogP contribution in [0.25, 0.3) is 0 Å². The monoisotopic (exact) mass is 227 g/mol. The second kappa shape index (κ2) is 4.93. The van der Waals surface area contributed by atoms with Crippen LogP contribution in [0.2, 0.25) is 0 Å². The Kier molecular flexibility index (Phi) is 3.85. The van der Waals surface area contributed by atoms with Gasteiger partial charge in [0, 0.05) is 5.92 Å². The van der Waals surface area contributed by atoms with Crippen LogP contribution < -0.4 is 5.32 Å². The minimum absolute atomic E-state index is 0.112. The summed E-state index contributed by atoms with van der Waals surface area (Å²) < 4.78 is 4.60. The molecule has 4 nitrogen and oxygen atoms in total. The Labute approximate surface area is 92.2 Å². The molecule has 1 aromatic rings. The minimum atomic E-state index is -0.427. The first-order valence-electron chi connectivity index (χ1n) is 4.53. The molecule has 1 N–H and O–H groups in total. The van der Waals surface area contributed by atoms with Gasteiger partial charge in [0.15, 0.2) is 0 Å². The number of hydrogen-bond acceptors (Lipinski definition) is 4. The molecule has 0 saturated carbocycles. The molecule has 0 atom stereocenters. The van der Waals surface area contributed by atoms with Gasteiger partial charge in [0.25, 0.3) is 0 Å². The molecule has 15 heavy (non-hydrogen) atoms. The van der Waals surface area contributed by atoms with E-state index in [1.54, 1.807) is 25.3 Å². The van der Waals surface area contributed by atoms with Crippen LogP contribution in [0.1, 0.15) is 23.5 Å². The summed E-state index contributed by atoms with van der Waals surface area (Å²) in [5.41, 5.74) is 0.519. The van der Waals surface area contributed by atoms with E-state index in [2.05, 4.69) is 10.1 Å². The average Bonchev–Trinajstić information content (AvgIpc) is 2.64. The molecule has 0 bridgehead atoms. The van der Waals surface area contributed by atoms with Crippen molar-refractivity contribution in [3.8, 4) is 0 Å². The van der Waals surface area contributed by atoms with Crippen molar-refractivity contribution in [2.24, 2.45) is 5.92 Å². The molecule has 0 aliphatic carbocycles. The summed E-state index contributed by atoms with van der Waals surface area (Å²) in [6.07, 6.45) is 0. The van der Waals surface area contributed by atoms with Crippen molar-refractivity contribution in [3.63, 3.8) is 0 Å². The second-order valence-corrected chi connectivity index (χ2v) is 4.22. The lowest BCUT2D eigenvalue weighted by Crippen LogP contribution is -2.18. The first-order valence-corrected chi connectivity index (χ1v) is 5.41. The SMILES string of the molecule is COC(=O)c1sccc1NC(=O)C(C)C. The van der Waals surface area contributed by atoms with Crippen LogP contribution in [0.3, 0.4) is 0 Å². The van der Waals surface area contributed by atoms with Crippen molar-refractivity contribution in [1.82, 2.24) is 0 Å². The summed E-state index contributed by atoms with van der Waals surface area (Å²) in [5.74, 6) is -0.655. The van der Waals surface area contributed by atoms with Gasteiger partial charge in [-0.25, -0.2) is 4.79 Å². The van der Waals surface area contributed by atoms with E-state index in [4.69, 9.17) is 0 Å². The van der Waals surface area contributed by atoms with Gasteiger partial charge in [-0.05, 0) is 11.4 Å². The van der Waals surface area contributed by atoms with Gasteiger partial charge in [-0.15, -0.1) is 11.3 Å². The topological polar surface area (TPSA) is 55.4 Å². The summed E-state index contributed by atoms with van der Waals surface area (Å²) in [6, 6.07) is 1.69. The summed E-state index contributed by atoms with van der Waals surface area (Å²) >= 11 is 1.25. The largest absolute Gasteiger partial charge is 0.465 e. The molecule has 5 heteroatoms. The van der Waals surface area contributed by atoms with E-state index in [0.717, 1.165) is 0 Å². The Balaban J connectivity index is 2.82. The maximum Gasteiger partial charge on any atom is 0.350 e. The Morgan fingerprint density at radius 2 is 2.13 bits per heavy atom. The zero-order valence-corrected chi connectivity index (χ0v) is 9.68. The van der Waals surface area contributed by atoms with Gasteiger partial charge < -0.3 is 10.1 Å². The quantitative estimate of drug-likeness (QED) is 0.805. The lowest BCUT2D eigenvalue weighted by molar-refractivity contribution is -0.118. The summed E-state index contributed by atoms with van der Waals surface area (Å²) in [4.78, 5) is 23.1. The van der Waals surface area contributed by atoms with E-state index in [1.165, 1.54) is 18.4 Å². The first-order chi connectivity index (χ1) is 7.06. The fourth-order valence-electron chi connectivity index (χ4n) is 0.936. The number of nitrogens with one attached hydrogen (secondary N) is 1. The van der Waals surface area contributed by atoms with E-state index in [-0.39, 0.29) is 11.8 Å². The van der Waals surface area contributed by atoms with E-state index < -0.39 is 5.97 Å². The molecule has 1 aromatic heterocycles. The van der Waals surface area contributed by atoms with Gasteiger partial charge in [0.05, 0.1) is 12.8 Å². The zero-order valence-electron chi connectivity index (χ0n) is 8.87. The van der Waals surface area contributed by atoms with E-state index in [9.17, 15) is 9.59 Å². The molecule has 0 saturated heterocycles. The highest BCUT2D eigenvalue weighted by Gasteiger charge is 2.16. The van der Waals surface area contributed by atoms with Gasteiger partial charge in [-0.2, -0.15) is 0 Å². The van der Waals surface area contributed by atoms with Crippen LogP contribution in [-0.2, 0) is 9.53 Å². The molecule has 82 valence electrons. The van der Waals surface area contributed by atoms with E-state index >= 15 is 0 Å². The first kappa shape index (κ1) is 11.7. The summed E-state index contributed by atoms with van der Waals surface area (Å²) in [6.45, 7) is 3.58. The number of anilines is 1. The maximum atomic E-state index is 11.4. The molecule has 0 aromatic carbocycles. The van der Waals surface area contributed by atoms with E-state index in [1.807, 2.05) is 0 Å². The molecule has 1 heterocycles. The third-order valence-electron chi connectivity index (χ3n) is 1.82. The standard InChI is InChI=1S/C10H13NO3S/c1-6(2)9(12)11-7-4-5-15-8(7)10(13)14-3/h4-6H,1-3H3,(H,11,12). The van der Waals surface area contributed by atoms with Crippen LogP contribution in [0, 0.1) is 5.92 Å². The fourth-order valence-corrected chi connectivity index (χ4v) is 1.70. The number of rotatable bonds is 3. The molecule has 1 rings (SSSR count). The third-order valence-corrected chi connectivity index (χ3v) is 2.71. The molecule has 0 unspecified atom stereocenters. The number of carbonyl (C=O) groups is 2. The molecular formula is C10H13NO3S. The molecule has 0 aliphatic heterocycles. The lowest BCUT2D eigenvalue weighted by Gasteiger charge is -2.07. The summed E-state index contributed by atoms with van der Waals surface area (Å²) in [5, 5.41) is 4.41. The third kappa shape index (κ3) is 2.79.